The first-order chi connectivity index (χ1) is 12.6. The molecule has 1 aromatic rings. The zero-order valence-electron chi connectivity index (χ0n) is 16.5. The summed E-state index contributed by atoms with van der Waals surface area (Å²) < 4.78 is 5.16. The number of nitrogens with zero attached hydrogens (tertiary/aromatic N) is 3. The van der Waals surface area contributed by atoms with Crippen LogP contribution in [0.5, 0.6) is 0 Å². The van der Waals surface area contributed by atoms with Crippen LogP contribution in [0.15, 0.2) is 6.07 Å². The van der Waals surface area contributed by atoms with E-state index >= 15 is 0 Å². The molecule has 0 bridgehead atoms. The summed E-state index contributed by atoms with van der Waals surface area (Å²) in [6.45, 7) is 9.08. The number of amides is 1. The highest BCUT2D eigenvalue weighted by atomic mass is 16.5. The number of carbonyl (C=O) groups is 1. The van der Waals surface area contributed by atoms with Crippen LogP contribution in [-0.4, -0.2) is 65.3 Å². The standard InChI is InChI=1S/C20H34N4O2/c1-15(2)11-17-12-18(22-21-17)14-23-9-7-19-16(13-23)5-6-20(25)24(19)8-4-10-26-3/h12,15-16,19H,4-11,13-14H2,1-3H3,(H,21,22)/t16-,19+/m0/s1. The van der Waals surface area contributed by atoms with Crippen LogP contribution >= 0.6 is 0 Å². The minimum absolute atomic E-state index is 0.336. The monoisotopic (exact) mass is 362 g/mol. The normalized spacial score (nSPS) is 24.3. The van der Waals surface area contributed by atoms with Gasteiger partial charge in [0.25, 0.3) is 0 Å². The van der Waals surface area contributed by atoms with Crippen molar-refractivity contribution in [3.05, 3.63) is 17.5 Å². The number of nitrogens with one attached hydrogen (secondary N) is 1. The molecule has 0 radical (unpaired) electrons. The lowest BCUT2D eigenvalue weighted by Gasteiger charge is -2.47. The molecule has 2 atom stereocenters. The van der Waals surface area contributed by atoms with E-state index < -0.39 is 0 Å². The molecule has 6 nitrogen and oxygen atoms in total. The van der Waals surface area contributed by atoms with Crippen LogP contribution in [0.4, 0.5) is 0 Å². The maximum absolute atomic E-state index is 12.4. The Morgan fingerprint density at radius 3 is 3.00 bits per heavy atom. The highest BCUT2D eigenvalue weighted by Gasteiger charge is 2.38. The maximum Gasteiger partial charge on any atom is 0.222 e. The van der Waals surface area contributed by atoms with Crippen molar-refractivity contribution in [1.29, 1.82) is 0 Å². The smallest absolute Gasteiger partial charge is 0.222 e. The second-order valence-corrected chi connectivity index (χ2v) is 8.31. The molecule has 2 aliphatic heterocycles. The summed E-state index contributed by atoms with van der Waals surface area (Å²) in [5, 5.41) is 7.66. The lowest BCUT2D eigenvalue weighted by Crippen LogP contribution is -2.56. The van der Waals surface area contributed by atoms with E-state index in [0.29, 0.717) is 30.2 Å². The van der Waals surface area contributed by atoms with Crippen LogP contribution in [0.2, 0.25) is 0 Å². The first-order valence-electron chi connectivity index (χ1n) is 10.1. The summed E-state index contributed by atoms with van der Waals surface area (Å²) in [4.78, 5) is 17.0. The third-order valence-corrected chi connectivity index (χ3v) is 5.67. The number of aromatic amines is 1. The lowest BCUT2D eigenvalue weighted by molar-refractivity contribution is -0.141. The molecule has 1 amide bonds. The summed E-state index contributed by atoms with van der Waals surface area (Å²) in [7, 11) is 1.72. The molecule has 2 saturated heterocycles. The molecule has 3 rings (SSSR count). The Balaban J connectivity index is 1.54. The fourth-order valence-electron chi connectivity index (χ4n) is 4.49. The molecular weight excluding hydrogens is 328 g/mol. The highest BCUT2D eigenvalue weighted by Crippen LogP contribution is 2.32. The van der Waals surface area contributed by atoms with Crippen molar-refractivity contribution in [3.63, 3.8) is 0 Å². The molecule has 1 aromatic heterocycles. The highest BCUT2D eigenvalue weighted by molar-refractivity contribution is 5.77. The predicted octanol–water partition coefficient (Wildman–Crippen LogP) is 2.46. The molecule has 0 aromatic carbocycles. The van der Waals surface area contributed by atoms with Gasteiger partial charge in [0.05, 0.1) is 5.69 Å². The Morgan fingerprint density at radius 2 is 2.23 bits per heavy atom. The number of likely N-dealkylation sites (tertiary alicyclic amines) is 2. The zero-order chi connectivity index (χ0) is 18.5. The van der Waals surface area contributed by atoms with E-state index in [0.717, 1.165) is 64.2 Å². The van der Waals surface area contributed by atoms with Crippen molar-refractivity contribution in [2.24, 2.45) is 11.8 Å². The fraction of sp³-hybridized carbons (Fsp3) is 0.800. The van der Waals surface area contributed by atoms with E-state index in [-0.39, 0.29) is 0 Å². The van der Waals surface area contributed by atoms with Gasteiger partial charge in [0.1, 0.15) is 0 Å². The van der Waals surface area contributed by atoms with E-state index in [4.69, 9.17) is 4.74 Å². The van der Waals surface area contributed by atoms with Gasteiger partial charge in [0, 0.05) is 58.1 Å². The van der Waals surface area contributed by atoms with Crippen molar-refractivity contribution in [1.82, 2.24) is 20.0 Å². The molecule has 146 valence electrons. The van der Waals surface area contributed by atoms with E-state index in [1.807, 2.05) is 0 Å². The second kappa shape index (κ2) is 9.00. The van der Waals surface area contributed by atoms with E-state index in [1.54, 1.807) is 7.11 Å². The molecule has 3 heterocycles. The predicted molar refractivity (Wildman–Crippen MR) is 102 cm³/mol. The van der Waals surface area contributed by atoms with Crippen LogP contribution in [0.1, 0.15) is 50.9 Å². The van der Waals surface area contributed by atoms with E-state index in [2.05, 4.69) is 39.9 Å². The van der Waals surface area contributed by atoms with Crippen LogP contribution in [-0.2, 0) is 22.5 Å². The third kappa shape index (κ3) is 4.86. The van der Waals surface area contributed by atoms with Crippen molar-refractivity contribution < 1.29 is 9.53 Å². The summed E-state index contributed by atoms with van der Waals surface area (Å²) in [5.41, 5.74) is 2.38. The van der Waals surface area contributed by atoms with Gasteiger partial charge in [-0.1, -0.05) is 13.8 Å². The Kier molecular flexibility index (Phi) is 6.70. The van der Waals surface area contributed by atoms with Gasteiger partial charge in [0.2, 0.25) is 5.91 Å². The number of methoxy groups -OCH3 is 1. The number of hydrogen-bond acceptors (Lipinski definition) is 4. The van der Waals surface area contributed by atoms with Crippen LogP contribution in [0.3, 0.4) is 0 Å². The lowest BCUT2D eigenvalue weighted by atomic mass is 9.83. The van der Waals surface area contributed by atoms with Crippen LogP contribution < -0.4 is 0 Å². The molecule has 0 spiro atoms. The van der Waals surface area contributed by atoms with Gasteiger partial charge >= 0.3 is 0 Å². The summed E-state index contributed by atoms with van der Waals surface area (Å²) in [5.74, 6) is 1.57. The van der Waals surface area contributed by atoms with Crippen LogP contribution in [0.25, 0.3) is 0 Å². The SMILES string of the molecule is COCCCN1C(=O)CC[C@H]2CN(Cc3cc(CC(C)C)n[nH]3)CC[C@H]21. The largest absolute Gasteiger partial charge is 0.385 e. The number of hydrogen-bond donors (Lipinski definition) is 1. The first kappa shape index (κ1) is 19.4. The number of rotatable bonds is 8. The zero-order valence-corrected chi connectivity index (χ0v) is 16.5. The summed E-state index contributed by atoms with van der Waals surface area (Å²) in [6, 6.07) is 2.63. The number of ether oxygens (including phenoxy) is 1. The van der Waals surface area contributed by atoms with Gasteiger partial charge in [-0.2, -0.15) is 5.10 Å². The molecule has 2 fully saturated rings. The van der Waals surface area contributed by atoms with E-state index in [9.17, 15) is 4.79 Å². The number of piperidine rings is 2. The molecule has 1 N–H and O–H groups in total. The van der Waals surface area contributed by atoms with Gasteiger partial charge < -0.3 is 9.64 Å². The number of aromatic nitrogens is 2. The molecule has 6 heteroatoms. The second-order valence-electron chi connectivity index (χ2n) is 8.31. The quantitative estimate of drug-likeness (QED) is 0.722. The minimum Gasteiger partial charge on any atom is -0.385 e. The topological polar surface area (TPSA) is 61.5 Å². The molecule has 0 aliphatic carbocycles. The van der Waals surface area contributed by atoms with E-state index in [1.165, 1.54) is 5.69 Å². The van der Waals surface area contributed by atoms with Crippen molar-refractivity contribution in [2.45, 2.75) is 58.5 Å². The average Bonchev–Trinajstić information content (AvgIpc) is 3.03. The minimum atomic E-state index is 0.336. The van der Waals surface area contributed by atoms with Gasteiger partial charge in [0.15, 0.2) is 0 Å². The van der Waals surface area contributed by atoms with Crippen molar-refractivity contribution in [2.75, 3.05) is 33.4 Å². The fourth-order valence-corrected chi connectivity index (χ4v) is 4.49. The third-order valence-electron chi connectivity index (χ3n) is 5.67. The Hall–Kier alpha value is -1.40. The first-order valence-corrected chi connectivity index (χ1v) is 10.1. The Morgan fingerprint density at radius 1 is 1.38 bits per heavy atom. The molecular formula is C20H34N4O2. The van der Waals surface area contributed by atoms with Crippen molar-refractivity contribution >= 4 is 5.91 Å². The Bertz CT molecular complexity index is 586. The molecule has 26 heavy (non-hydrogen) atoms. The van der Waals surface area contributed by atoms with Crippen LogP contribution in [0, 0.1) is 11.8 Å². The van der Waals surface area contributed by atoms with Gasteiger partial charge in [-0.25, -0.2) is 0 Å². The number of carbonyl (C=O) groups excluding carboxylic acids is 1. The molecule has 0 saturated carbocycles. The average molecular weight is 363 g/mol. The van der Waals surface area contributed by atoms with Gasteiger partial charge in [-0.05, 0) is 43.6 Å². The number of H-pyrrole nitrogens is 1. The maximum atomic E-state index is 12.4. The van der Waals surface area contributed by atoms with Gasteiger partial charge in [-0.3, -0.25) is 14.8 Å². The summed E-state index contributed by atoms with van der Waals surface area (Å²) in [6.07, 6.45) is 4.77. The molecule has 2 aliphatic rings. The number of fused-ring (bicyclic) bond motifs is 1. The Labute approximate surface area is 157 Å². The summed E-state index contributed by atoms with van der Waals surface area (Å²) >= 11 is 0. The molecule has 0 unspecified atom stereocenters. The van der Waals surface area contributed by atoms with Crippen molar-refractivity contribution in [3.8, 4) is 0 Å². The van der Waals surface area contributed by atoms with Gasteiger partial charge in [-0.15, -0.1) is 0 Å².